The van der Waals surface area contributed by atoms with Crippen molar-refractivity contribution in [2.45, 2.75) is 10.8 Å². The van der Waals surface area contributed by atoms with E-state index in [2.05, 4.69) is 5.32 Å². The summed E-state index contributed by atoms with van der Waals surface area (Å²) in [4.78, 5) is 25.0. The van der Waals surface area contributed by atoms with Gasteiger partial charge in [-0.25, -0.2) is 12.7 Å². The molecule has 1 heterocycles. The minimum atomic E-state index is -3.93. The molecule has 2 aromatic carbocycles. The lowest BCUT2D eigenvalue weighted by atomic mass is 9.96. The molecule has 1 unspecified atom stereocenters. The number of sulfonamides is 1. The summed E-state index contributed by atoms with van der Waals surface area (Å²) in [5, 5.41) is 3.04. The van der Waals surface area contributed by atoms with Crippen molar-refractivity contribution in [3.05, 3.63) is 59.1 Å². The highest BCUT2D eigenvalue weighted by atomic mass is 35.5. The largest absolute Gasteiger partial charge is 0.325 e. The Hall–Kier alpha value is -2.38. The van der Waals surface area contributed by atoms with Gasteiger partial charge in [0.25, 0.3) is 15.9 Å². The fourth-order valence-corrected chi connectivity index (χ4v) is 4.13. The van der Waals surface area contributed by atoms with Gasteiger partial charge in [-0.05, 0) is 29.8 Å². The van der Waals surface area contributed by atoms with Crippen molar-refractivity contribution in [2.75, 3.05) is 12.4 Å². The minimum absolute atomic E-state index is 0.0432. The molecule has 1 atom stereocenters. The Morgan fingerprint density at radius 2 is 1.88 bits per heavy atom. The van der Waals surface area contributed by atoms with Crippen LogP contribution in [0.1, 0.15) is 11.5 Å². The lowest BCUT2D eigenvalue weighted by Gasteiger charge is -2.30. The van der Waals surface area contributed by atoms with Crippen LogP contribution in [0, 0.1) is 0 Å². The van der Waals surface area contributed by atoms with E-state index in [-0.39, 0.29) is 10.5 Å². The second-order valence-corrected chi connectivity index (χ2v) is 7.66. The number of benzene rings is 2. The SMILES string of the molecule is CN1C(=O)C(C(=O)Nc2cccc(Cl)c2)c2ccccc2S1(=O)=O. The molecule has 6 nitrogen and oxygen atoms in total. The van der Waals surface area contributed by atoms with Crippen molar-refractivity contribution in [2.24, 2.45) is 0 Å². The number of nitrogens with one attached hydrogen (secondary N) is 1. The van der Waals surface area contributed by atoms with Crippen molar-refractivity contribution in [1.29, 1.82) is 0 Å². The number of rotatable bonds is 2. The van der Waals surface area contributed by atoms with Gasteiger partial charge in [0.1, 0.15) is 5.92 Å². The molecule has 0 saturated heterocycles. The van der Waals surface area contributed by atoms with Gasteiger partial charge >= 0.3 is 0 Å². The maximum atomic E-state index is 12.6. The molecule has 2 aromatic rings. The highest BCUT2D eigenvalue weighted by molar-refractivity contribution is 7.89. The van der Waals surface area contributed by atoms with Gasteiger partial charge in [-0.3, -0.25) is 9.59 Å². The van der Waals surface area contributed by atoms with Crippen LogP contribution in [-0.4, -0.2) is 31.6 Å². The number of fused-ring (bicyclic) bond motifs is 1. The van der Waals surface area contributed by atoms with E-state index >= 15 is 0 Å². The van der Waals surface area contributed by atoms with Gasteiger partial charge in [0.2, 0.25) is 5.91 Å². The van der Waals surface area contributed by atoms with E-state index in [1.807, 2.05) is 0 Å². The van der Waals surface area contributed by atoms with Gasteiger partial charge in [0, 0.05) is 17.8 Å². The predicted octanol–water partition coefficient (Wildman–Crippen LogP) is 2.22. The predicted molar refractivity (Wildman–Crippen MR) is 89.2 cm³/mol. The minimum Gasteiger partial charge on any atom is -0.325 e. The third-order valence-corrected chi connectivity index (χ3v) is 5.84. The molecule has 0 bridgehead atoms. The summed E-state index contributed by atoms with van der Waals surface area (Å²) >= 11 is 5.88. The van der Waals surface area contributed by atoms with Crippen LogP contribution in [0.2, 0.25) is 5.02 Å². The van der Waals surface area contributed by atoms with Gasteiger partial charge < -0.3 is 5.32 Å². The molecular formula is C16H13ClN2O4S. The second-order valence-electron chi connectivity index (χ2n) is 5.28. The number of carbonyl (C=O) groups excluding carboxylic acids is 2. The Labute approximate surface area is 144 Å². The van der Waals surface area contributed by atoms with E-state index < -0.39 is 27.8 Å². The van der Waals surface area contributed by atoms with Crippen molar-refractivity contribution in [3.8, 4) is 0 Å². The molecule has 0 aromatic heterocycles. The molecule has 8 heteroatoms. The molecule has 0 aliphatic carbocycles. The first kappa shape index (κ1) is 16.5. The standard InChI is InChI=1S/C16H13ClN2O4S/c1-19-16(21)14(12-7-2-3-8-13(12)24(19,22)23)15(20)18-11-6-4-5-10(17)9-11/h2-9,14H,1H3,(H,18,20). The zero-order chi connectivity index (χ0) is 17.5. The average molecular weight is 365 g/mol. The molecule has 1 N–H and O–H groups in total. The lowest BCUT2D eigenvalue weighted by molar-refractivity contribution is -0.132. The van der Waals surface area contributed by atoms with Crippen LogP contribution in [0.4, 0.5) is 5.69 Å². The molecule has 0 saturated carbocycles. The highest BCUT2D eigenvalue weighted by Crippen LogP contribution is 2.34. The van der Waals surface area contributed by atoms with Gasteiger partial charge in [-0.15, -0.1) is 0 Å². The molecule has 2 amide bonds. The second kappa shape index (κ2) is 5.92. The van der Waals surface area contributed by atoms with E-state index in [0.717, 1.165) is 7.05 Å². The number of amides is 2. The Kier molecular flexibility index (Phi) is 4.06. The molecule has 1 aliphatic heterocycles. The number of hydrogen-bond acceptors (Lipinski definition) is 4. The van der Waals surface area contributed by atoms with Crippen LogP contribution in [0.15, 0.2) is 53.4 Å². The first-order valence-corrected chi connectivity index (χ1v) is 8.82. The zero-order valence-corrected chi connectivity index (χ0v) is 14.1. The first-order valence-electron chi connectivity index (χ1n) is 7.00. The van der Waals surface area contributed by atoms with E-state index in [1.54, 1.807) is 36.4 Å². The number of anilines is 1. The zero-order valence-electron chi connectivity index (χ0n) is 12.6. The summed E-state index contributed by atoms with van der Waals surface area (Å²) in [6, 6.07) is 12.5. The van der Waals surface area contributed by atoms with Crippen LogP contribution in [-0.2, 0) is 19.6 Å². The highest BCUT2D eigenvalue weighted by Gasteiger charge is 2.44. The molecule has 0 radical (unpaired) electrons. The maximum Gasteiger partial charge on any atom is 0.266 e. The lowest BCUT2D eigenvalue weighted by Crippen LogP contribution is -2.45. The van der Waals surface area contributed by atoms with Gasteiger partial charge in [0.15, 0.2) is 0 Å². The van der Waals surface area contributed by atoms with Gasteiger partial charge in [0.05, 0.1) is 4.90 Å². The van der Waals surface area contributed by atoms with E-state index in [4.69, 9.17) is 11.6 Å². The smallest absolute Gasteiger partial charge is 0.266 e. The number of hydrogen-bond donors (Lipinski definition) is 1. The third kappa shape index (κ3) is 2.65. The normalized spacial score (nSPS) is 18.8. The quantitative estimate of drug-likeness (QED) is 0.828. The summed E-state index contributed by atoms with van der Waals surface area (Å²) in [7, 11) is -2.79. The topological polar surface area (TPSA) is 83.6 Å². The molecule has 3 rings (SSSR count). The Morgan fingerprint density at radius 3 is 2.58 bits per heavy atom. The van der Waals surface area contributed by atoms with Crippen LogP contribution in [0.3, 0.4) is 0 Å². The van der Waals surface area contributed by atoms with E-state index in [1.165, 1.54) is 12.1 Å². The Bertz CT molecular complexity index is 943. The molecule has 0 spiro atoms. The Morgan fingerprint density at radius 1 is 1.17 bits per heavy atom. The molecule has 24 heavy (non-hydrogen) atoms. The van der Waals surface area contributed by atoms with Crippen molar-refractivity contribution < 1.29 is 18.0 Å². The van der Waals surface area contributed by atoms with Crippen LogP contribution >= 0.6 is 11.6 Å². The van der Waals surface area contributed by atoms with E-state index in [9.17, 15) is 18.0 Å². The number of likely N-dealkylation sites (N-methyl/N-ethyl adjacent to an activating group) is 1. The van der Waals surface area contributed by atoms with E-state index in [0.29, 0.717) is 15.0 Å². The number of nitrogens with zero attached hydrogens (tertiary/aromatic N) is 1. The number of carbonyl (C=O) groups is 2. The van der Waals surface area contributed by atoms with Crippen LogP contribution < -0.4 is 5.32 Å². The summed E-state index contributed by atoms with van der Waals surface area (Å²) in [6.07, 6.45) is 0. The van der Waals surface area contributed by atoms with Gasteiger partial charge in [-0.2, -0.15) is 0 Å². The number of halogens is 1. The molecule has 0 fully saturated rings. The summed E-state index contributed by atoms with van der Waals surface area (Å²) in [5.41, 5.74) is 0.592. The van der Waals surface area contributed by atoms with Gasteiger partial charge in [-0.1, -0.05) is 35.9 Å². The van der Waals surface area contributed by atoms with Crippen LogP contribution in [0.25, 0.3) is 0 Å². The Balaban J connectivity index is 2.03. The van der Waals surface area contributed by atoms with Crippen molar-refractivity contribution >= 4 is 39.1 Å². The third-order valence-electron chi connectivity index (χ3n) is 3.78. The van der Waals surface area contributed by atoms with Crippen molar-refractivity contribution in [3.63, 3.8) is 0 Å². The fraction of sp³-hybridized carbons (Fsp3) is 0.125. The summed E-state index contributed by atoms with van der Waals surface area (Å²) < 4.78 is 25.3. The molecule has 1 aliphatic rings. The van der Waals surface area contributed by atoms with Crippen LogP contribution in [0.5, 0.6) is 0 Å². The summed E-state index contributed by atoms with van der Waals surface area (Å²) in [5.74, 6) is -2.65. The fourth-order valence-electron chi connectivity index (χ4n) is 2.57. The maximum absolute atomic E-state index is 12.6. The monoisotopic (exact) mass is 364 g/mol. The molecule has 124 valence electrons. The first-order chi connectivity index (χ1) is 11.3. The average Bonchev–Trinajstić information content (AvgIpc) is 2.53. The molecular weight excluding hydrogens is 352 g/mol. The van der Waals surface area contributed by atoms with Crippen molar-refractivity contribution in [1.82, 2.24) is 4.31 Å². The summed E-state index contributed by atoms with van der Waals surface area (Å²) in [6.45, 7) is 0.